The molecular weight excluding hydrogens is 372 g/mol. The van der Waals surface area contributed by atoms with E-state index in [0.29, 0.717) is 17.8 Å². The van der Waals surface area contributed by atoms with Crippen molar-refractivity contribution in [2.24, 2.45) is 0 Å². The maximum absolute atomic E-state index is 12.6. The standard InChI is InChI=1S/C21H20N4O2S/c1-14(2)25-18-8-7-17(11-19(18)28-21(25)27)23-20(26)16-5-3-15(4-6-16)12-24-10-9-22-13-24/h3-11,13-14H,12H2,1-2H3,(H,23,26). The predicted molar refractivity (Wildman–Crippen MR) is 112 cm³/mol. The summed E-state index contributed by atoms with van der Waals surface area (Å²) in [6.07, 6.45) is 5.40. The quantitative estimate of drug-likeness (QED) is 0.555. The van der Waals surface area contributed by atoms with Crippen LogP contribution in [0.2, 0.25) is 0 Å². The van der Waals surface area contributed by atoms with Gasteiger partial charge in [0.2, 0.25) is 0 Å². The van der Waals surface area contributed by atoms with Crippen molar-refractivity contribution >= 4 is 33.1 Å². The number of nitrogens with zero attached hydrogens (tertiary/aromatic N) is 3. The van der Waals surface area contributed by atoms with Crippen LogP contribution in [0, 0.1) is 0 Å². The molecule has 28 heavy (non-hydrogen) atoms. The third-order valence-electron chi connectivity index (χ3n) is 4.53. The zero-order valence-electron chi connectivity index (χ0n) is 15.6. The maximum atomic E-state index is 12.6. The summed E-state index contributed by atoms with van der Waals surface area (Å²) in [6, 6.07) is 13.2. The van der Waals surface area contributed by atoms with Crippen molar-refractivity contribution < 1.29 is 4.79 Å². The van der Waals surface area contributed by atoms with Crippen molar-refractivity contribution in [1.82, 2.24) is 14.1 Å². The second-order valence-corrected chi connectivity index (χ2v) is 7.89. The number of imidazole rings is 1. The highest BCUT2D eigenvalue weighted by Crippen LogP contribution is 2.24. The normalized spacial score (nSPS) is 11.2. The molecule has 2 aromatic heterocycles. The molecule has 0 fully saturated rings. The summed E-state index contributed by atoms with van der Waals surface area (Å²) in [6.45, 7) is 4.68. The Kier molecular flexibility index (Phi) is 4.83. The van der Waals surface area contributed by atoms with Crippen LogP contribution < -0.4 is 10.2 Å². The van der Waals surface area contributed by atoms with Gasteiger partial charge in [-0.2, -0.15) is 0 Å². The Labute approximate surface area is 166 Å². The molecule has 0 aliphatic rings. The predicted octanol–water partition coefficient (Wildman–Crippen LogP) is 4.14. The fourth-order valence-electron chi connectivity index (χ4n) is 3.16. The summed E-state index contributed by atoms with van der Waals surface area (Å²) in [5, 5.41) is 2.91. The van der Waals surface area contributed by atoms with Crippen molar-refractivity contribution in [2.45, 2.75) is 26.4 Å². The van der Waals surface area contributed by atoms with Crippen LogP contribution in [0.15, 0.2) is 66.0 Å². The van der Waals surface area contributed by atoms with Crippen LogP contribution >= 0.6 is 11.3 Å². The summed E-state index contributed by atoms with van der Waals surface area (Å²) in [5.74, 6) is -0.177. The van der Waals surface area contributed by atoms with E-state index in [1.54, 1.807) is 17.1 Å². The zero-order chi connectivity index (χ0) is 19.7. The van der Waals surface area contributed by atoms with Crippen molar-refractivity contribution in [3.63, 3.8) is 0 Å². The van der Waals surface area contributed by atoms with E-state index in [1.807, 2.05) is 67.1 Å². The van der Waals surface area contributed by atoms with Crippen LogP contribution in [0.25, 0.3) is 10.2 Å². The second-order valence-electron chi connectivity index (χ2n) is 6.90. The molecule has 0 aliphatic carbocycles. The van der Waals surface area contributed by atoms with Gasteiger partial charge in [0.1, 0.15) is 0 Å². The summed E-state index contributed by atoms with van der Waals surface area (Å²) in [5.41, 5.74) is 3.25. The number of nitrogens with one attached hydrogen (secondary N) is 1. The topological polar surface area (TPSA) is 68.9 Å². The second kappa shape index (κ2) is 7.44. The largest absolute Gasteiger partial charge is 0.333 e. The van der Waals surface area contributed by atoms with Crippen LogP contribution in [-0.4, -0.2) is 20.0 Å². The van der Waals surface area contributed by atoms with E-state index < -0.39 is 0 Å². The van der Waals surface area contributed by atoms with E-state index in [0.717, 1.165) is 15.8 Å². The average molecular weight is 392 g/mol. The smallest absolute Gasteiger partial charge is 0.308 e. The maximum Gasteiger partial charge on any atom is 0.308 e. The molecule has 142 valence electrons. The molecule has 0 radical (unpaired) electrons. The van der Waals surface area contributed by atoms with E-state index in [4.69, 9.17) is 0 Å². The molecule has 2 aromatic carbocycles. The number of amides is 1. The van der Waals surface area contributed by atoms with Crippen LogP contribution in [-0.2, 0) is 6.54 Å². The summed E-state index contributed by atoms with van der Waals surface area (Å²) in [7, 11) is 0. The van der Waals surface area contributed by atoms with Gasteiger partial charge in [-0.05, 0) is 49.7 Å². The van der Waals surface area contributed by atoms with Gasteiger partial charge >= 0.3 is 4.87 Å². The van der Waals surface area contributed by atoms with Crippen molar-refractivity contribution in [3.05, 3.63) is 82.0 Å². The minimum absolute atomic E-state index is 0.0157. The molecule has 0 unspecified atom stereocenters. The number of benzene rings is 2. The lowest BCUT2D eigenvalue weighted by atomic mass is 10.1. The summed E-state index contributed by atoms with van der Waals surface area (Å²) < 4.78 is 4.61. The molecule has 7 heteroatoms. The summed E-state index contributed by atoms with van der Waals surface area (Å²) >= 11 is 1.20. The number of carbonyl (C=O) groups is 1. The van der Waals surface area contributed by atoms with Crippen molar-refractivity contribution in [1.29, 1.82) is 0 Å². The van der Waals surface area contributed by atoms with E-state index in [9.17, 15) is 9.59 Å². The molecule has 0 saturated carbocycles. The van der Waals surface area contributed by atoms with Crippen LogP contribution in [0.5, 0.6) is 0 Å². The zero-order valence-corrected chi connectivity index (χ0v) is 16.4. The number of rotatable bonds is 5. The van der Waals surface area contributed by atoms with Gasteiger partial charge in [0.05, 0.1) is 16.5 Å². The lowest BCUT2D eigenvalue weighted by molar-refractivity contribution is 0.102. The van der Waals surface area contributed by atoms with E-state index in [-0.39, 0.29) is 16.8 Å². The minimum atomic E-state index is -0.177. The van der Waals surface area contributed by atoms with Gasteiger partial charge in [0.15, 0.2) is 0 Å². The van der Waals surface area contributed by atoms with Crippen molar-refractivity contribution in [2.75, 3.05) is 5.32 Å². The molecule has 1 amide bonds. The number of fused-ring (bicyclic) bond motifs is 1. The highest BCUT2D eigenvalue weighted by atomic mass is 32.1. The molecule has 1 N–H and O–H groups in total. The molecular formula is C21H20N4O2S. The highest BCUT2D eigenvalue weighted by Gasteiger charge is 2.12. The number of anilines is 1. The lowest BCUT2D eigenvalue weighted by Gasteiger charge is -2.09. The van der Waals surface area contributed by atoms with E-state index in [2.05, 4.69) is 10.3 Å². The first-order valence-corrected chi connectivity index (χ1v) is 9.84. The Bertz CT molecular complexity index is 1170. The van der Waals surface area contributed by atoms with Gasteiger partial charge in [-0.1, -0.05) is 23.5 Å². The van der Waals surface area contributed by atoms with E-state index >= 15 is 0 Å². The Balaban J connectivity index is 1.51. The molecule has 0 saturated heterocycles. The van der Waals surface area contributed by atoms with E-state index in [1.165, 1.54) is 11.3 Å². The van der Waals surface area contributed by atoms with Gasteiger partial charge in [0, 0.05) is 36.2 Å². The van der Waals surface area contributed by atoms with Gasteiger partial charge in [-0.3, -0.25) is 14.2 Å². The molecule has 0 atom stereocenters. The molecule has 4 rings (SSSR count). The molecule has 0 spiro atoms. The first-order chi connectivity index (χ1) is 13.5. The van der Waals surface area contributed by atoms with Gasteiger partial charge < -0.3 is 9.88 Å². The number of thiazole rings is 1. The molecule has 4 aromatic rings. The third-order valence-corrected chi connectivity index (χ3v) is 5.45. The van der Waals surface area contributed by atoms with Crippen LogP contribution in [0.1, 0.15) is 35.8 Å². The fourth-order valence-corrected chi connectivity index (χ4v) is 4.21. The average Bonchev–Trinajstić information content (AvgIpc) is 3.28. The Morgan fingerprint density at radius 3 is 2.64 bits per heavy atom. The Morgan fingerprint density at radius 2 is 1.96 bits per heavy atom. The Hall–Kier alpha value is -3.19. The number of aromatic nitrogens is 3. The number of hydrogen-bond donors (Lipinski definition) is 1. The fraction of sp³-hybridized carbons (Fsp3) is 0.190. The third kappa shape index (κ3) is 3.61. The molecule has 6 nitrogen and oxygen atoms in total. The molecule has 0 aliphatic heterocycles. The first-order valence-electron chi connectivity index (χ1n) is 9.02. The number of carbonyl (C=O) groups excluding carboxylic acids is 1. The Morgan fingerprint density at radius 1 is 1.18 bits per heavy atom. The first kappa shape index (κ1) is 18.2. The lowest BCUT2D eigenvalue weighted by Crippen LogP contribution is -2.14. The minimum Gasteiger partial charge on any atom is -0.333 e. The van der Waals surface area contributed by atoms with Crippen LogP contribution in [0.3, 0.4) is 0 Å². The van der Waals surface area contributed by atoms with Gasteiger partial charge in [0.25, 0.3) is 5.91 Å². The van der Waals surface area contributed by atoms with Crippen LogP contribution in [0.4, 0.5) is 5.69 Å². The molecule has 0 bridgehead atoms. The monoisotopic (exact) mass is 392 g/mol. The van der Waals surface area contributed by atoms with Gasteiger partial charge in [-0.25, -0.2) is 4.98 Å². The SMILES string of the molecule is CC(C)n1c(=O)sc2cc(NC(=O)c3ccc(Cn4ccnc4)cc3)ccc21. The summed E-state index contributed by atoms with van der Waals surface area (Å²) in [4.78, 5) is 28.8. The highest BCUT2D eigenvalue weighted by molar-refractivity contribution is 7.16. The number of hydrogen-bond acceptors (Lipinski definition) is 4. The van der Waals surface area contributed by atoms with Gasteiger partial charge in [-0.15, -0.1) is 0 Å². The van der Waals surface area contributed by atoms with Crippen molar-refractivity contribution in [3.8, 4) is 0 Å². The molecule has 2 heterocycles.